The SMILES string of the molecule is Cc1c(C(=O)NC2CCC(C(=O)O)CC2)cnn1-c1cccc(C(F)(F)F)c1. The molecule has 0 spiro atoms. The molecule has 1 heterocycles. The normalized spacial score (nSPS) is 20.0. The van der Waals surface area contributed by atoms with Crippen molar-refractivity contribution in [2.45, 2.75) is 44.8 Å². The molecule has 1 aliphatic carbocycles. The molecular weight excluding hydrogens is 375 g/mol. The summed E-state index contributed by atoms with van der Waals surface area (Å²) in [7, 11) is 0. The van der Waals surface area contributed by atoms with Crippen LogP contribution in [-0.2, 0) is 11.0 Å². The molecule has 1 fully saturated rings. The van der Waals surface area contributed by atoms with Gasteiger partial charge in [-0.15, -0.1) is 0 Å². The van der Waals surface area contributed by atoms with Crippen LogP contribution in [0.5, 0.6) is 0 Å². The Balaban J connectivity index is 1.73. The van der Waals surface area contributed by atoms with Gasteiger partial charge in [-0.1, -0.05) is 6.07 Å². The van der Waals surface area contributed by atoms with E-state index in [1.807, 2.05) is 0 Å². The summed E-state index contributed by atoms with van der Waals surface area (Å²) >= 11 is 0. The zero-order valence-electron chi connectivity index (χ0n) is 15.2. The second-order valence-electron chi connectivity index (χ2n) is 6.96. The van der Waals surface area contributed by atoms with E-state index < -0.39 is 17.7 Å². The number of aromatic nitrogens is 2. The van der Waals surface area contributed by atoms with Gasteiger partial charge in [0.1, 0.15) is 0 Å². The highest BCUT2D eigenvalue weighted by Crippen LogP contribution is 2.30. The molecule has 1 saturated carbocycles. The van der Waals surface area contributed by atoms with Gasteiger partial charge in [0.2, 0.25) is 0 Å². The summed E-state index contributed by atoms with van der Waals surface area (Å²) in [5.74, 6) is -1.56. The second kappa shape index (κ2) is 7.65. The minimum Gasteiger partial charge on any atom is -0.481 e. The fourth-order valence-electron chi connectivity index (χ4n) is 3.45. The van der Waals surface area contributed by atoms with Crippen LogP contribution in [0, 0.1) is 12.8 Å². The average Bonchev–Trinajstić information content (AvgIpc) is 3.03. The Hall–Kier alpha value is -2.84. The van der Waals surface area contributed by atoms with Gasteiger partial charge in [-0.2, -0.15) is 18.3 Å². The smallest absolute Gasteiger partial charge is 0.416 e. The number of carbonyl (C=O) groups excluding carboxylic acids is 1. The monoisotopic (exact) mass is 395 g/mol. The lowest BCUT2D eigenvalue weighted by molar-refractivity contribution is -0.143. The lowest BCUT2D eigenvalue weighted by atomic mass is 9.86. The van der Waals surface area contributed by atoms with Crippen molar-refractivity contribution in [1.82, 2.24) is 15.1 Å². The van der Waals surface area contributed by atoms with Crippen LogP contribution in [0.3, 0.4) is 0 Å². The van der Waals surface area contributed by atoms with E-state index in [0.29, 0.717) is 31.4 Å². The maximum absolute atomic E-state index is 12.9. The third-order valence-electron chi connectivity index (χ3n) is 5.08. The lowest BCUT2D eigenvalue weighted by Gasteiger charge is -2.26. The highest BCUT2D eigenvalue weighted by Gasteiger charge is 2.31. The minimum atomic E-state index is -4.47. The first-order valence-corrected chi connectivity index (χ1v) is 8.92. The molecule has 0 atom stereocenters. The Bertz CT molecular complexity index is 884. The molecule has 0 radical (unpaired) electrons. The number of nitrogens with zero attached hydrogens (tertiary/aromatic N) is 2. The third kappa shape index (κ3) is 4.18. The molecule has 0 aliphatic heterocycles. The minimum absolute atomic E-state index is 0.126. The molecule has 9 heteroatoms. The van der Waals surface area contributed by atoms with Gasteiger partial charge in [-0.05, 0) is 50.8 Å². The van der Waals surface area contributed by atoms with Crippen LogP contribution in [0.2, 0.25) is 0 Å². The number of hydrogen-bond donors (Lipinski definition) is 2. The first kappa shape index (κ1) is 19.9. The fraction of sp³-hybridized carbons (Fsp3) is 0.421. The molecule has 0 unspecified atom stereocenters. The van der Waals surface area contributed by atoms with Crippen molar-refractivity contribution in [2.75, 3.05) is 0 Å². The van der Waals surface area contributed by atoms with Crippen molar-refractivity contribution in [1.29, 1.82) is 0 Å². The van der Waals surface area contributed by atoms with Crippen molar-refractivity contribution in [3.05, 3.63) is 47.3 Å². The molecule has 28 heavy (non-hydrogen) atoms. The maximum Gasteiger partial charge on any atom is 0.416 e. The van der Waals surface area contributed by atoms with Crippen LogP contribution in [0.15, 0.2) is 30.5 Å². The quantitative estimate of drug-likeness (QED) is 0.829. The number of hydrogen-bond acceptors (Lipinski definition) is 3. The zero-order valence-corrected chi connectivity index (χ0v) is 15.2. The van der Waals surface area contributed by atoms with E-state index in [-0.39, 0.29) is 29.1 Å². The van der Waals surface area contributed by atoms with E-state index in [0.717, 1.165) is 12.1 Å². The predicted octanol–water partition coefficient (Wildman–Crippen LogP) is 3.57. The van der Waals surface area contributed by atoms with Crippen molar-refractivity contribution >= 4 is 11.9 Å². The molecule has 3 rings (SSSR count). The van der Waals surface area contributed by atoms with Gasteiger partial charge in [-0.3, -0.25) is 9.59 Å². The fourth-order valence-corrected chi connectivity index (χ4v) is 3.45. The van der Waals surface area contributed by atoms with Crippen molar-refractivity contribution in [3.8, 4) is 5.69 Å². The maximum atomic E-state index is 12.9. The molecule has 1 aromatic heterocycles. The summed E-state index contributed by atoms with van der Waals surface area (Å²) in [6.45, 7) is 1.61. The lowest BCUT2D eigenvalue weighted by Crippen LogP contribution is -2.38. The summed E-state index contributed by atoms with van der Waals surface area (Å²) < 4.78 is 40.1. The van der Waals surface area contributed by atoms with E-state index in [4.69, 9.17) is 5.11 Å². The zero-order chi connectivity index (χ0) is 20.5. The van der Waals surface area contributed by atoms with Crippen LogP contribution < -0.4 is 5.32 Å². The second-order valence-corrected chi connectivity index (χ2v) is 6.96. The molecule has 2 N–H and O–H groups in total. The number of alkyl halides is 3. The average molecular weight is 395 g/mol. The Kier molecular flexibility index (Phi) is 5.44. The molecule has 0 saturated heterocycles. The first-order chi connectivity index (χ1) is 13.2. The van der Waals surface area contributed by atoms with E-state index in [1.165, 1.54) is 23.0 Å². The van der Waals surface area contributed by atoms with Gasteiger partial charge in [0.25, 0.3) is 5.91 Å². The molecule has 2 aromatic rings. The number of carboxylic acids is 1. The predicted molar refractivity (Wildman–Crippen MR) is 94.2 cm³/mol. The van der Waals surface area contributed by atoms with Gasteiger partial charge < -0.3 is 10.4 Å². The van der Waals surface area contributed by atoms with Gasteiger partial charge in [0.05, 0.1) is 34.6 Å². The number of rotatable bonds is 4. The Morgan fingerprint density at radius 3 is 2.50 bits per heavy atom. The van der Waals surface area contributed by atoms with E-state index >= 15 is 0 Å². The number of aliphatic carboxylic acids is 1. The van der Waals surface area contributed by atoms with Crippen molar-refractivity contribution in [2.24, 2.45) is 5.92 Å². The van der Waals surface area contributed by atoms with E-state index in [1.54, 1.807) is 6.92 Å². The number of carboxylic acid groups (broad SMARTS) is 1. The summed E-state index contributed by atoms with van der Waals surface area (Å²) in [4.78, 5) is 23.6. The van der Waals surface area contributed by atoms with Crippen LogP contribution in [-0.4, -0.2) is 32.8 Å². The molecule has 1 aromatic carbocycles. The van der Waals surface area contributed by atoms with Gasteiger partial charge in [0, 0.05) is 6.04 Å². The Morgan fingerprint density at radius 2 is 1.89 bits per heavy atom. The standard InChI is InChI=1S/C19H20F3N3O3/c1-11-16(17(26)24-14-7-5-12(6-8-14)18(27)28)10-23-25(11)15-4-2-3-13(9-15)19(20,21)22/h2-4,9-10,12,14H,5-8H2,1H3,(H,24,26)(H,27,28). The molecule has 1 amide bonds. The number of halogens is 3. The number of nitrogens with one attached hydrogen (secondary N) is 1. The largest absolute Gasteiger partial charge is 0.481 e. The molecule has 1 aliphatic rings. The van der Waals surface area contributed by atoms with Crippen molar-refractivity contribution < 1.29 is 27.9 Å². The molecule has 0 bridgehead atoms. The summed E-state index contributed by atoms with van der Waals surface area (Å²) in [6.07, 6.45) is -0.988. The van der Waals surface area contributed by atoms with Crippen molar-refractivity contribution in [3.63, 3.8) is 0 Å². The highest BCUT2D eigenvalue weighted by molar-refractivity contribution is 5.95. The summed E-state index contributed by atoms with van der Waals surface area (Å²) in [6, 6.07) is 4.61. The third-order valence-corrected chi connectivity index (χ3v) is 5.08. The van der Waals surface area contributed by atoms with E-state index in [9.17, 15) is 22.8 Å². The van der Waals surface area contributed by atoms with Crippen LogP contribution in [0.1, 0.15) is 47.3 Å². The summed E-state index contributed by atoms with van der Waals surface area (Å²) in [5.41, 5.74) is 0.128. The number of benzene rings is 1. The molecule has 150 valence electrons. The number of carbonyl (C=O) groups is 2. The Morgan fingerprint density at radius 1 is 1.21 bits per heavy atom. The van der Waals surface area contributed by atoms with Gasteiger partial charge in [0.15, 0.2) is 0 Å². The van der Waals surface area contributed by atoms with Crippen LogP contribution in [0.4, 0.5) is 13.2 Å². The Labute approximate surface area is 159 Å². The molecule has 6 nitrogen and oxygen atoms in total. The van der Waals surface area contributed by atoms with Crippen LogP contribution >= 0.6 is 0 Å². The topological polar surface area (TPSA) is 84.2 Å². The van der Waals surface area contributed by atoms with E-state index in [2.05, 4.69) is 10.4 Å². The highest BCUT2D eigenvalue weighted by atomic mass is 19.4. The van der Waals surface area contributed by atoms with Crippen LogP contribution in [0.25, 0.3) is 5.69 Å². The first-order valence-electron chi connectivity index (χ1n) is 8.92. The number of amides is 1. The summed E-state index contributed by atoms with van der Waals surface area (Å²) in [5, 5.41) is 16.0. The van der Waals surface area contributed by atoms with Gasteiger partial charge >= 0.3 is 12.1 Å². The van der Waals surface area contributed by atoms with Gasteiger partial charge in [-0.25, -0.2) is 4.68 Å². The molecular formula is C19H20F3N3O3.